The van der Waals surface area contributed by atoms with Crippen molar-refractivity contribution in [2.75, 3.05) is 18.1 Å². The zero-order valence-electron chi connectivity index (χ0n) is 15.1. The fourth-order valence-electron chi connectivity index (χ4n) is 3.65. The van der Waals surface area contributed by atoms with Crippen LogP contribution in [0, 0.1) is 11.6 Å². The molecule has 0 unspecified atom stereocenters. The smallest absolute Gasteiger partial charge is 0.341 e. The maximum Gasteiger partial charge on any atom is 0.341 e. The van der Waals surface area contributed by atoms with Gasteiger partial charge in [-0.25, -0.2) is 22.5 Å². The Hall–Kier alpha value is -3.03. The van der Waals surface area contributed by atoms with E-state index in [2.05, 4.69) is 5.10 Å². The second-order valence-electron chi connectivity index (χ2n) is 6.66. The number of nitrogens with zero attached hydrogens (tertiary/aromatic N) is 3. The molecule has 3 aromatic rings. The number of carbonyl (C=O) groups excluding carboxylic acids is 1. The van der Waals surface area contributed by atoms with E-state index in [4.69, 9.17) is 4.74 Å². The third-order valence-corrected chi connectivity index (χ3v) is 4.90. The van der Waals surface area contributed by atoms with E-state index in [9.17, 15) is 18.0 Å². The highest BCUT2D eigenvalue weighted by molar-refractivity contribution is 5.97. The summed E-state index contributed by atoms with van der Waals surface area (Å²) in [7, 11) is 0. The van der Waals surface area contributed by atoms with E-state index in [-0.39, 0.29) is 30.7 Å². The van der Waals surface area contributed by atoms with Gasteiger partial charge >= 0.3 is 5.97 Å². The molecule has 2 atom stereocenters. The van der Waals surface area contributed by atoms with Crippen LogP contribution in [0.3, 0.4) is 0 Å². The molecule has 2 aromatic heterocycles. The van der Waals surface area contributed by atoms with Crippen LogP contribution in [0.2, 0.25) is 0 Å². The number of halogens is 3. The molecule has 1 aliphatic rings. The minimum atomic E-state index is -1.18. The number of aromatic nitrogens is 2. The lowest BCUT2D eigenvalue weighted by Crippen LogP contribution is -2.24. The molecule has 4 rings (SSSR count). The molecule has 8 heteroatoms. The first-order valence-electron chi connectivity index (χ1n) is 8.98. The molecule has 0 saturated carbocycles. The van der Waals surface area contributed by atoms with Crippen LogP contribution in [0.25, 0.3) is 5.52 Å². The van der Waals surface area contributed by atoms with Crippen LogP contribution in [0.15, 0.2) is 42.7 Å². The molecule has 1 aliphatic heterocycles. The predicted octanol–water partition coefficient (Wildman–Crippen LogP) is 4.08. The number of fused-ring (bicyclic) bond motifs is 1. The topological polar surface area (TPSA) is 46.8 Å². The predicted molar refractivity (Wildman–Crippen MR) is 97.1 cm³/mol. The Balaban J connectivity index is 1.76. The normalized spacial score (nSPS) is 19.4. The summed E-state index contributed by atoms with van der Waals surface area (Å²) in [6.07, 6.45) is 1.91. The highest BCUT2D eigenvalue weighted by atomic mass is 19.1. The lowest BCUT2D eigenvalue weighted by Gasteiger charge is -2.27. The second kappa shape index (κ2) is 7.18. The van der Waals surface area contributed by atoms with Crippen LogP contribution in [0.4, 0.5) is 18.9 Å². The zero-order valence-corrected chi connectivity index (χ0v) is 15.1. The number of hydrogen-bond donors (Lipinski definition) is 0. The summed E-state index contributed by atoms with van der Waals surface area (Å²) in [5.74, 6) is -1.66. The molecule has 0 amide bonds. The Morgan fingerprint density at radius 2 is 2.11 bits per heavy atom. The van der Waals surface area contributed by atoms with Gasteiger partial charge in [-0.1, -0.05) is 0 Å². The zero-order chi connectivity index (χ0) is 19.8. The largest absolute Gasteiger partial charge is 0.462 e. The minimum absolute atomic E-state index is 0.0413. The summed E-state index contributed by atoms with van der Waals surface area (Å²) >= 11 is 0. The van der Waals surface area contributed by atoms with Crippen molar-refractivity contribution in [3.63, 3.8) is 0 Å². The molecule has 0 spiro atoms. The van der Waals surface area contributed by atoms with Crippen molar-refractivity contribution in [3.8, 4) is 0 Å². The number of rotatable bonds is 4. The monoisotopic (exact) mass is 389 g/mol. The summed E-state index contributed by atoms with van der Waals surface area (Å²) in [6.45, 7) is 1.98. The van der Waals surface area contributed by atoms with Crippen LogP contribution in [-0.2, 0) is 4.74 Å². The first kappa shape index (κ1) is 18.3. The third kappa shape index (κ3) is 3.19. The molecule has 0 aliphatic carbocycles. The van der Waals surface area contributed by atoms with Crippen molar-refractivity contribution in [3.05, 3.63) is 65.5 Å². The maximum atomic E-state index is 14.3. The van der Waals surface area contributed by atoms with Gasteiger partial charge < -0.3 is 9.64 Å². The van der Waals surface area contributed by atoms with Crippen LogP contribution < -0.4 is 4.90 Å². The summed E-state index contributed by atoms with van der Waals surface area (Å²) < 4.78 is 48.8. The van der Waals surface area contributed by atoms with Crippen LogP contribution >= 0.6 is 0 Å². The van der Waals surface area contributed by atoms with Gasteiger partial charge in [0.05, 0.1) is 24.4 Å². The number of pyridine rings is 1. The molecule has 1 aromatic carbocycles. The van der Waals surface area contributed by atoms with Crippen molar-refractivity contribution >= 4 is 17.2 Å². The molecule has 5 nitrogen and oxygen atoms in total. The number of carbonyl (C=O) groups is 1. The van der Waals surface area contributed by atoms with Crippen molar-refractivity contribution in [2.24, 2.45) is 0 Å². The molecular formula is C20H18F3N3O2. The van der Waals surface area contributed by atoms with E-state index >= 15 is 0 Å². The van der Waals surface area contributed by atoms with Crippen molar-refractivity contribution in [1.82, 2.24) is 9.61 Å². The molecule has 3 heterocycles. The number of benzene rings is 1. The third-order valence-electron chi connectivity index (χ3n) is 4.90. The number of hydrogen-bond acceptors (Lipinski definition) is 4. The number of ether oxygens (including phenoxy) is 1. The van der Waals surface area contributed by atoms with E-state index < -0.39 is 29.8 Å². The molecule has 1 saturated heterocycles. The minimum Gasteiger partial charge on any atom is -0.462 e. The average molecular weight is 389 g/mol. The van der Waals surface area contributed by atoms with Gasteiger partial charge in [0, 0.05) is 30.4 Å². The number of anilines is 1. The Morgan fingerprint density at radius 1 is 1.29 bits per heavy atom. The SMILES string of the molecule is CCOC(=O)c1cnn2ccc(N3C[C@@H](F)C[C@@H]3c3cc(F)ccc3F)cc12. The molecule has 0 bridgehead atoms. The van der Waals surface area contributed by atoms with E-state index in [0.717, 1.165) is 18.2 Å². The Morgan fingerprint density at radius 3 is 2.89 bits per heavy atom. The molecule has 0 N–H and O–H groups in total. The Kier molecular flexibility index (Phi) is 4.70. The van der Waals surface area contributed by atoms with E-state index in [1.165, 1.54) is 10.7 Å². The highest BCUT2D eigenvalue weighted by Gasteiger charge is 2.35. The summed E-state index contributed by atoms with van der Waals surface area (Å²) in [5, 5.41) is 4.12. The standard InChI is InChI=1S/C20H18F3N3O2/c1-2-28-20(27)16-10-24-26-6-5-14(9-19(16)26)25-11-13(22)8-18(25)15-7-12(21)3-4-17(15)23/h3-7,9-10,13,18H,2,8,11H2,1H3/t13-,18+/m0/s1. The quantitative estimate of drug-likeness (QED) is 0.631. The fraction of sp³-hybridized carbons (Fsp3) is 0.300. The van der Waals surface area contributed by atoms with Gasteiger partial charge in [-0.15, -0.1) is 0 Å². The average Bonchev–Trinajstić information content (AvgIpc) is 3.26. The first-order valence-corrected chi connectivity index (χ1v) is 8.98. The first-order chi connectivity index (χ1) is 13.5. The number of alkyl halides is 1. The van der Waals surface area contributed by atoms with Crippen molar-refractivity contribution < 1.29 is 22.7 Å². The van der Waals surface area contributed by atoms with E-state index in [0.29, 0.717) is 11.2 Å². The van der Waals surface area contributed by atoms with Gasteiger partial charge in [0.15, 0.2) is 0 Å². The molecule has 1 fully saturated rings. The second-order valence-corrected chi connectivity index (χ2v) is 6.66. The van der Waals surface area contributed by atoms with Gasteiger partial charge in [-0.2, -0.15) is 5.10 Å². The van der Waals surface area contributed by atoms with E-state index in [1.54, 1.807) is 30.2 Å². The molecule has 0 radical (unpaired) electrons. The summed E-state index contributed by atoms with van der Waals surface area (Å²) in [4.78, 5) is 13.8. The van der Waals surface area contributed by atoms with Crippen molar-refractivity contribution in [2.45, 2.75) is 25.6 Å². The lowest BCUT2D eigenvalue weighted by atomic mass is 10.0. The number of esters is 1. The molecular weight excluding hydrogens is 371 g/mol. The molecule has 28 heavy (non-hydrogen) atoms. The van der Waals surface area contributed by atoms with Crippen molar-refractivity contribution in [1.29, 1.82) is 0 Å². The van der Waals surface area contributed by atoms with Crippen LogP contribution in [-0.4, -0.2) is 34.9 Å². The lowest BCUT2D eigenvalue weighted by molar-refractivity contribution is 0.0528. The Bertz CT molecular complexity index is 1040. The van der Waals surface area contributed by atoms with Gasteiger partial charge in [-0.3, -0.25) is 0 Å². The van der Waals surface area contributed by atoms with Crippen LogP contribution in [0.1, 0.15) is 35.3 Å². The summed E-state index contributed by atoms with van der Waals surface area (Å²) in [6, 6.07) is 5.93. The van der Waals surface area contributed by atoms with E-state index in [1.807, 2.05) is 0 Å². The van der Waals surface area contributed by atoms with Gasteiger partial charge in [-0.05, 0) is 37.3 Å². The van der Waals surface area contributed by atoms with Gasteiger partial charge in [0.25, 0.3) is 0 Å². The molecule has 146 valence electrons. The highest BCUT2D eigenvalue weighted by Crippen LogP contribution is 2.39. The van der Waals surface area contributed by atoms with Crippen LogP contribution in [0.5, 0.6) is 0 Å². The summed E-state index contributed by atoms with van der Waals surface area (Å²) in [5.41, 5.74) is 1.48. The fourth-order valence-corrected chi connectivity index (χ4v) is 3.65. The van der Waals surface area contributed by atoms with Gasteiger partial charge in [0.2, 0.25) is 0 Å². The Labute approximate surface area is 159 Å². The maximum absolute atomic E-state index is 14.3. The van der Waals surface area contributed by atoms with Gasteiger partial charge in [0.1, 0.15) is 23.4 Å².